The van der Waals surface area contributed by atoms with Crippen LogP contribution in [0.3, 0.4) is 0 Å². The normalized spacial score (nSPS) is 14.5. The third kappa shape index (κ3) is 8.16. The predicted molar refractivity (Wildman–Crippen MR) is 137 cm³/mol. The Labute approximate surface area is 212 Å². The highest BCUT2D eigenvalue weighted by Gasteiger charge is 2.30. The van der Waals surface area contributed by atoms with E-state index in [0.717, 1.165) is 16.5 Å². The largest absolute Gasteiger partial charge is 0.480 e. The molecule has 35 heavy (non-hydrogen) atoms. The minimum Gasteiger partial charge on any atom is -0.480 e. The molecular weight excluding hydrogens is 494 g/mol. The lowest BCUT2D eigenvalue weighted by Crippen LogP contribution is -2.58. The second-order valence-electron chi connectivity index (χ2n) is 7.84. The number of carboxylic acids is 1. The lowest BCUT2D eigenvalue weighted by Gasteiger charge is -2.24. The van der Waals surface area contributed by atoms with Gasteiger partial charge in [-0.2, -0.15) is 24.4 Å². The van der Waals surface area contributed by atoms with Gasteiger partial charge in [0.2, 0.25) is 17.7 Å². The number of aliphatic hydroxyl groups excluding tert-OH is 1. The lowest BCUT2D eigenvalue weighted by atomic mass is 10.0. The van der Waals surface area contributed by atoms with Gasteiger partial charge in [-0.3, -0.25) is 14.4 Å². The van der Waals surface area contributed by atoms with Gasteiger partial charge in [0.1, 0.15) is 18.1 Å². The molecule has 0 aliphatic carbocycles. The first-order valence-corrected chi connectivity index (χ1v) is 12.9. The van der Waals surface area contributed by atoms with Crippen LogP contribution in [0.25, 0.3) is 10.9 Å². The van der Waals surface area contributed by atoms with E-state index < -0.39 is 54.5 Å². The first-order chi connectivity index (χ1) is 16.7. The Kier molecular flexibility index (Phi) is 11.4. The van der Waals surface area contributed by atoms with Gasteiger partial charge in [0, 0.05) is 29.3 Å². The van der Waals surface area contributed by atoms with Crippen molar-refractivity contribution in [3.63, 3.8) is 0 Å². The zero-order chi connectivity index (χ0) is 26.0. The van der Waals surface area contributed by atoms with Crippen LogP contribution in [-0.4, -0.2) is 87.4 Å². The number of fused-ring (bicyclic) bond motifs is 1. The van der Waals surface area contributed by atoms with E-state index in [1.54, 1.807) is 6.20 Å². The third-order valence-corrected chi connectivity index (χ3v) is 6.34. The van der Waals surface area contributed by atoms with Crippen LogP contribution in [0.5, 0.6) is 0 Å². The number of thiol groups is 1. The van der Waals surface area contributed by atoms with E-state index in [1.807, 2.05) is 30.5 Å². The van der Waals surface area contributed by atoms with E-state index in [1.165, 1.54) is 11.8 Å². The second-order valence-corrected chi connectivity index (χ2v) is 9.19. The molecule has 0 spiro atoms. The van der Waals surface area contributed by atoms with Crippen molar-refractivity contribution in [1.82, 2.24) is 20.9 Å². The van der Waals surface area contributed by atoms with Gasteiger partial charge in [-0.05, 0) is 30.1 Å². The van der Waals surface area contributed by atoms with E-state index in [9.17, 15) is 29.4 Å². The summed E-state index contributed by atoms with van der Waals surface area (Å²) in [5.74, 6) is -2.84. The van der Waals surface area contributed by atoms with Crippen LogP contribution in [0, 0.1) is 0 Å². The van der Waals surface area contributed by atoms with Gasteiger partial charge in [0.05, 0.1) is 12.6 Å². The van der Waals surface area contributed by atoms with Crippen LogP contribution >= 0.6 is 24.4 Å². The standard InChI is InChI=1S/C22H31N5O6S2/c1-35-7-6-16(25-21(31)18(10-28)27-19(29)14(23)11-34)20(30)26-17(22(32)33)8-12-9-24-15-5-3-2-4-13(12)15/h2-5,9,14,16-18,24,28,34H,6-8,10-11,23H2,1H3,(H,25,31)(H,26,30)(H,27,29)(H,32,33). The molecule has 2 rings (SSSR count). The lowest BCUT2D eigenvalue weighted by molar-refractivity contribution is -0.142. The van der Waals surface area contributed by atoms with E-state index in [2.05, 4.69) is 33.6 Å². The summed E-state index contributed by atoms with van der Waals surface area (Å²) in [6, 6.07) is 2.78. The molecule has 0 radical (unpaired) electrons. The van der Waals surface area contributed by atoms with Crippen LogP contribution in [0.15, 0.2) is 30.5 Å². The average Bonchev–Trinajstić information content (AvgIpc) is 3.26. The second kappa shape index (κ2) is 14.0. The zero-order valence-corrected chi connectivity index (χ0v) is 20.9. The first kappa shape index (κ1) is 28.5. The maximum absolute atomic E-state index is 13.0. The monoisotopic (exact) mass is 525 g/mol. The fourth-order valence-corrected chi connectivity index (χ4v) is 3.96. The molecule has 4 unspecified atom stereocenters. The molecule has 1 aromatic heterocycles. The Hall–Kier alpha value is -2.74. The fraction of sp³-hybridized carbons (Fsp3) is 0.455. The number of aromatic nitrogens is 1. The Balaban J connectivity index is 2.12. The van der Waals surface area contributed by atoms with Gasteiger partial charge >= 0.3 is 5.97 Å². The van der Waals surface area contributed by atoms with E-state index >= 15 is 0 Å². The topological polar surface area (TPSA) is 187 Å². The number of hydrogen-bond acceptors (Lipinski definition) is 8. The van der Waals surface area contributed by atoms with Gasteiger partial charge in [0.15, 0.2) is 0 Å². The Morgan fingerprint density at radius 3 is 2.31 bits per heavy atom. The summed E-state index contributed by atoms with van der Waals surface area (Å²) in [5.41, 5.74) is 7.15. The molecule has 13 heteroatoms. The summed E-state index contributed by atoms with van der Waals surface area (Å²) in [7, 11) is 0. The molecule has 0 saturated heterocycles. The van der Waals surface area contributed by atoms with Crippen LogP contribution in [-0.2, 0) is 25.6 Å². The van der Waals surface area contributed by atoms with E-state index in [0.29, 0.717) is 5.75 Å². The summed E-state index contributed by atoms with van der Waals surface area (Å²) in [5, 5.41) is 27.4. The number of carboxylic acid groups (broad SMARTS) is 1. The molecular formula is C22H31N5O6S2. The SMILES string of the molecule is CSCCC(NC(=O)C(CO)NC(=O)C(N)CS)C(=O)NC(Cc1c[nH]c2ccccc12)C(=O)O. The number of rotatable bonds is 14. The summed E-state index contributed by atoms with van der Waals surface area (Å²) >= 11 is 5.37. The molecule has 4 atom stereocenters. The van der Waals surface area contributed by atoms with Crippen molar-refractivity contribution in [3.8, 4) is 0 Å². The van der Waals surface area contributed by atoms with Crippen LogP contribution < -0.4 is 21.7 Å². The first-order valence-electron chi connectivity index (χ1n) is 10.9. The summed E-state index contributed by atoms with van der Waals surface area (Å²) < 4.78 is 0. The highest BCUT2D eigenvalue weighted by atomic mass is 32.2. The summed E-state index contributed by atoms with van der Waals surface area (Å²) in [6.45, 7) is -0.716. The number of aliphatic carboxylic acids is 1. The summed E-state index contributed by atoms with van der Waals surface area (Å²) in [4.78, 5) is 52.6. The molecule has 1 aromatic carbocycles. The number of carbonyl (C=O) groups is 4. The van der Waals surface area contributed by atoms with E-state index in [-0.39, 0.29) is 18.6 Å². The van der Waals surface area contributed by atoms with Crippen molar-refractivity contribution < 1.29 is 29.4 Å². The fourth-order valence-electron chi connectivity index (χ4n) is 3.33. The maximum Gasteiger partial charge on any atom is 0.326 e. The molecule has 0 fully saturated rings. The van der Waals surface area contributed by atoms with Crippen LogP contribution in [0.4, 0.5) is 0 Å². The quantitative estimate of drug-likeness (QED) is 0.148. The predicted octanol–water partition coefficient (Wildman–Crippen LogP) is -0.748. The number of nitrogens with one attached hydrogen (secondary N) is 4. The van der Waals surface area contributed by atoms with Crippen molar-refractivity contribution in [1.29, 1.82) is 0 Å². The number of carbonyl (C=O) groups excluding carboxylic acids is 3. The number of benzene rings is 1. The van der Waals surface area contributed by atoms with Gasteiger partial charge in [-0.1, -0.05) is 18.2 Å². The number of hydrogen-bond donors (Lipinski definition) is 8. The molecule has 11 nitrogen and oxygen atoms in total. The molecule has 2 aromatic rings. The maximum atomic E-state index is 13.0. The molecule has 8 N–H and O–H groups in total. The number of aromatic amines is 1. The molecule has 0 aliphatic heterocycles. The highest BCUT2D eigenvalue weighted by Crippen LogP contribution is 2.19. The number of H-pyrrole nitrogens is 1. The number of nitrogens with two attached hydrogens (primary N) is 1. The van der Waals surface area contributed by atoms with Crippen LogP contribution in [0.2, 0.25) is 0 Å². The number of thioether (sulfide) groups is 1. The van der Waals surface area contributed by atoms with Crippen molar-refractivity contribution in [2.45, 2.75) is 37.0 Å². The minimum absolute atomic E-state index is 0.0330. The Morgan fingerprint density at radius 2 is 1.69 bits per heavy atom. The van der Waals surface area contributed by atoms with Crippen LogP contribution in [0.1, 0.15) is 12.0 Å². The number of para-hydroxylation sites is 1. The van der Waals surface area contributed by atoms with Crippen molar-refractivity contribution in [2.24, 2.45) is 5.73 Å². The summed E-state index contributed by atoms with van der Waals surface area (Å²) in [6.07, 6.45) is 3.76. The molecule has 0 aliphatic rings. The molecule has 0 saturated carbocycles. The number of aliphatic hydroxyl groups is 1. The van der Waals surface area contributed by atoms with Gasteiger partial charge < -0.3 is 36.9 Å². The van der Waals surface area contributed by atoms with Crippen molar-refractivity contribution in [2.75, 3.05) is 24.4 Å². The minimum atomic E-state index is -1.33. The van der Waals surface area contributed by atoms with Gasteiger partial charge in [0.25, 0.3) is 0 Å². The van der Waals surface area contributed by atoms with Crippen molar-refractivity contribution >= 4 is 59.0 Å². The Bertz CT molecular complexity index is 1030. The van der Waals surface area contributed by atoms with Gasteiger partial charge in [-0.25, -0.2) is 4.79 Å². The molecule has 1 heterocycles. The third-order valence-electron chi connectivity index (χ3n) is 5.31. The zero-order valence-electron chi connectivity index (χ0n) is 19.2. The highest BCUT2D eigenvalue weighted by molar-refractivity contribution is 7.98. The average molecular weight is 526 g/mol. The number of amides is 3. The molecule has 0 bridgehead atoms. The Morgan fingerprint density at radius 1 is 1.06 bits per heavy atom. The smallest absolute Gasteiger partial charge is 0.326 e. The molecule has 192 valence electrons. The van der Waals surface area contributed by atoms with Gasteiger partial charge in [-0.15, -0.1) is 0 Å². The molecule has 3 amide bonds. The van der Waals surface area contributed by atoms with E-state index in [4.69, 9.17) is 5.73 Å². The van der Waals surface area contributed by atoms with Crippen molar-refractivity contribution in [3.05, 3.63) is 36.0 Å².